The minimum atomic E-state index is -1.13. The van der Waals surface area contributed by atoms with Crippen LogP contribution in [0.1, 0.15) is 26.7 Å². The smallest absolute Gasteiger partial charge is 0.289 e. The lowest BCUT2D eigenvalue weighted by Crippen LogP contribution is -2.16. The lowest BCUT2D eigenvalue weighted by Gasteiger charge is -2.08. The van der Waals surface area contributed by atoms with Crippen molar-refractivity contribution in [1.29, 1.82) is 0 Å². The summed E-state index contributed by atoms with van der Waals surface area (Å²) in [6, 6.07) is 1.12. The van der Waals surface area contributed by atoms with Gasteiger partial charge in [0.15, 0.2) is 0 Å². The maximum Gasteiger partial charge on any atom is 0.289 e. The largest absolute Gasteiger partial charge is 0.522 e. The normalized spacial score (nSPS) is 12.7. The number of carbonyl (C=O) groups excluding carboxylic acids is 1. The van der Waals surface area contributed by atoms with Crippen LogP contribution in [0.4, 0.5) is 0 Å². The first kappa shape index (κ1) is 9.69. The van der Waals surface area contributed by atoms with Crippen molar-refractivity contribution < 1.29 is 9.22 Å². The van der Waals surface area contributed by atoms with Crippen LogP contribution in [0, 0.1) is 0 Å². The summed E-state index contributed by atoms with van der Waals surface area (Å²) in [5, 5.41) is 0. The van der Waals surface area contributed by atoms with Crippen molar-refractivity contribution in [1.82, 2.24) is 0 Å². The van der Waals surface area contributed by atoms with Crippen LogP contribution < -0.4 is 0 Å². The van der Waals surface area contributed by atoms with Crippen molar-refractivity contribution in [3.05, 3.63) is 0 Å². The average molecular weight is 160 g/mol. The second-order valence-electron chi connectivity index (χ2n) is 2.56. The van der Waals surface area contributed by atoms with Crippen molar-refractivity contribution in [2.24, 2.45) is 0 Å². The van der Waals surface area contributed by atoms with Crippen LogP contribution in [-0.2, 0) is 9.22 Å². The summed E-state index contributed by atoms with van der Waals surface area (Å²) in [5.74, 6) is -0.115. The Morgan fingerprint density at radius 3 is 2.60 bits per heavy atom. The Kier molecular flexibility index (Phi) is 5.30. The van der Waals surface area contributed by atoms with E-state index in [-0.39, 0.29) is 5.97 Å². The van der Waals surface area contributed by atoms with Gasteiger partial charge in [0, 0.05) is 6.92 Å². The molecule has 0 amide bonds. The first-order valence-corrected chi connectivity index (χ1v) is 6.28. The Morgan fingerprint density at radius 1 is 1.60 bits per heavy atom. The molecule has 0 aromatic rings. The Hall–Kier alpha value is -0.313. The SMILES string of the molecule is CCCC[SiH](C)OC(C)=O. The topological polar surface area (TPSA) is 26.3 Å². The molecule has 0 saturated carbocycles. The van der Waals surface area contributed by atoms with Gasteiger partial charge in [0.05, 0.1) is 0 Å². The van der Waals surface area contributed by atoms with Gasteiger partial charge in [-0.15, -0.1) is 0 Å². The Balaban J connectivity index is 3.25. The van der Waals surface area contributed by atoms with Crippen LogP contribution in [0.3, 0.4) is 0 Å². The zero-order valence-corrected chi connectivity index (χ0v) is 8.17. The highest BCUT2D eigenvalue weighted by molar-refractivity contribution is 6.52. The second kappa shape index (κ2) is 5.47. The van der Waals surface area contributed by atoms with E-state index in [2.05, 4.69) is 13.5 Å². The summed E-state index contributed by atoms with van der Waals surface area (Å²) >= 11 is 0. The van der Waals surface area contributed by atoms with Crippen LogP contribution in [0.2, 0.25) is 12.6 Å². The second-order valence-corrected chi connectivity index (χ2v) is 5.00. The molecule has 1 atom stereocenters. The number of carbonyl (C=O) groups is 1. The average Bonchev–Trinajstić information content (AvgIpc) is 1.82. The first-order valence-electron chi connectivity index (χ1n) is 3.84. The van der Waals surface area contributed by atoms with Gasteiger partial charge < -0.3 is 4.43 Å². The molecule has 0 aliphatic heterocycles. The molecule has 0 aromatic heterocycles. The Labute approximate surface area is 64.3 Å². The number of hydrogen-bond acceptors (Lipinski definition) is 2. The van der Waals surface area contributed by atoms with Crippen LogP contribution in [0.5, 0.6) is 0 Å². The maximum absolute atomic E-state index is 10.4. The van der Waals surface area contributed by atoms with E-state index in [0.717, 1.165) is 6.04 Å². The molecule has 0 saturated heterocycles. The number of rotatable bonds is 4. The predicted octanol–water partition coefficient (Wildman–Crippen LogP) is 1.70. The van der Waals surface area contributed by atoms with Crippen molar-refractivity contribution in [3.8, 4) is 0 Å². The standard InChI is InChI=1S/C7H16O2Si/c1-4-5-6-10(3)9-7(2)8/h10H,4-6H2,1-3H3. The molecule has 0 bridgehead atoms. The van der Waals surface area contributed by atoms with Crippen molar-refractivity contribution in [2.75, 3.05) is 0 Å². The van der Waals surface area contributed by atoms with Crippen LogP contribution in [0.25, 0.3) is 0 Å². The van der Waals surface area contributed by atoms with E-state index < -0.39 is 9.04 Å². The summed E-state index contributed by atoms with van der Waals surface area (Å²) in [5.41, 5.74) is 0. The zero-order chi connectivity index (χ0) is 7.98. The van der Waals surface area contributed by atoms with E-state index in [1.807, 2.05) is 0 Å². The van der Waals surface area contributed by atoms with Crippen molar-refractivity contribution >= 4 is 15.0 Å². The summed E-state index contributed by atoms with van der Waals surface area (Å²) in [7, 11) is -1.13. The first-order chi connectivity index (χ1) is 4.66. The quantitative estimate of drug-likeness (QED) is 0.585. The van der Waals surface area contributed by atoms with E-state index >= 15 is 0 Å². The number of unbranched alkanes of at least 4 members (excludes halogenated alkanes) is 1. The van der Waals surface area contributed by atoms with Crippen molar-refractivity contribution in [3.63, 3.8) is 0 Å². The molecule has 0 aliphatic carbocycles. The molecule has 2 nitrogen and oxygen atoms in total. The molecule has 0 heterocycles. The van der Waals surface area contributed by atoms with Gasteiger partial charge in [-0.2, -0.15) is 0 Å². The lowest BCUT2D eigenvalue weighted by atomic mass is 10.4. The molecule has 0 aromatic carbocycles. The van der Waals surface area contributed by atoms with E-state index in [4.69, 9.17) is 4.43 Å². The van der Waals surface area contributed by atoms with Crippen molar-refractivity contribution in [2.45, 2.75) is 39.3 Å². The van der Waals surface area contributed by atoms with E-state index in [1.165, 1.54) is 19.8 Å². The van der Waals surface area contributed by atoms with Gasteiger partial charge in [-0.1, -0.05) is 19.8 Å². The molecular formula is C7H16O2Si. The third-order valence-corrected chi connectivity index (χ3v) is 3.29. The monoisotopic (exact) mass is 160 g/mol. The van der Waals surface area contributed by atoms with E-state index in [0.29, 0.717) is 0 Å². The third-order valence-electron chi connectivity index (χ3n) is 1.33. The molecule has 0 fully saturated rings. The fourth-order valence-corrected chi connectivity index (χ4v) is 2.50. The zero-order valence-electron chi connectivity index (χ0n) is 7.02. The summed E-state index contributed by atoms with van der Waals surface area (Å²) < 4.78 is 5.05. The highest BCUT2D eigenvalue weighted by atomic mass is 28.3. The number of hydrogen-bond donors (Lipinski definition) is 0. The predicted molar refractivity (Wildman–Crippen MR) is 44.5 cm³/mol. The molecule has 0 radical (unpaired) electrons. The molecule has 0 aliphatic rings. The van der Waals surface area contributed by atoms with Gasteiger partial charge in [0.1, 0.15) is 0 Å². The minimum absolute atomic E-state index is 0.115. The van der Waals surface area contributed by atoms with Gasteiger partial charge in [0.25, 0.3) is 5.97 Å². The summed E-state index contributed by atoms with van der Waals surface area (Å²) in [6.07, 6.45) is 2.39. The molecule has 0 N–H and O–H groups in total. The minimum Gasteiger partial charge on any atom is -0.522 e. The molecule has 10 heavy (non-hydrogen) atoms. The molecule has 1 unspecified atom stereocenters. The van der Waals surface area contributed by atoms with Crippen LogP contribution in [-0.4, -0.2) is 15.0 Å². The fraction of sp³-hybridized carbons (Fsp3) is 0.857. The Bertz CT molecular complexity index is 104. The van der Waals surface area contributed by atoms with E-state index in [9.17, 15) is 4.79 Å². The maximum atomic E-state index is 10.4. The highest BCUT2D eigenvalue weighted by Gasteiger charge is 2.05. The van der Waals surface area contributed by atoms with Gasteiger partial charge in [0.2, 0.25) is 9.04 Å². The van der Waals surface area contributed by atoms with Gasteiger partial charge in [-0.3, -0.25) is 4.79 Å². The van der Waals surface area contributed by atoms with Gasteiger partial charge in [-0.05, 0) is 12.6 Å². The molecular weight excluding hydrogens is 144 g/mol. The van der Waals surface area contributed by atoms with Crippen LogP contribution in [0.15, 0.2) is 0 Å². The third kappa shape index (κ3) is 5.82. The summed E-state index contributed by atoms with van der Waals surface area (Å²) in [6.45, 7) is 5.70. The molecule has 60 valence electrons. The molecule has 0 rings (SSSR count). The van der Waals surface area contributed by atoms with Crippen LogP contribution >= 0.6 is 0 Å². The fourth-order valence-electron chi connectivity index (χ4n) is 0.834. The lowest BCUT2D eigenvalue weighted by molar-refractivity contribution is -0.132. The van der Waals surface area contributed by atoms with Gasteiger partial charge >= 0.3 is 0 Å². The summed E-state index contributed by atoms with van der Waals surface area (Å²) in [4.78, 5) is 10.4. The molecule has 3 heteroatoms. The van der Waals surface area contributed by atoms with E-state index in [1.54, 1.807) is 0 Å². The molecule has 0 spiro atoms. The van der Waals surface area contributed by atoms with Gasteiger partial charge in [-0.25, -0.2) is 0 Å². The highest BCUT2D eigenvalue weighted by Crippen LogP contribution is 2.01. The Morgan fingerprint density at radius 2 is 2.20 bits per heavy atom.